The van der Waals surface area contributed by atoms with Crippen LogP contribution in [0.25, 0.3) is 16.7 Å². The van der Waals surface area contributed by atoms with Crippen molar-refractivity contribution < 1.29 is 9.53 Å². The molecule has 2 rings (SSSR count). The molecule has 2 aromatic rings. The summed E-state index contributed by atoms with van der Waals surface area (Å²) in [7, 11) is 0. The summed E-state index contributed by atoms with van der Waals surface area (Å²) in [6, 6.07) is 16.3. The second-order valence-electron chi connectivity index (χ2n) is 4.37. The van der Waals surface area contributed by atoms with Gasteiger partial charge in [-0.3, -0.25) is 10.0 Å². The average Bonchev–Trinajstić information content (AvgIpc) is 2.54. The third-order valence-corrected chi connectivity index (χ3v) is 3.07. The fourth-order valence-electron chi connectivity index (χ4n) is 2.16. The molecule has 0 bridgehead atoms. The number of hydrogen-bond acceptors (Lipinski definition) is 3. The lowest BCUT2D eigenvalue weighted by atomic mass is 9.95. The van der Waals surface area contributed by atoms with Gasteiger partial charge in [0.1, 0.15) is 0 Å². The Morgan fingerprint density at radius 1 is 1.19 bits per heavy atom. The van der Waals surface area contributed by atoms with Crippen LogP contribution in [0, 0.1) is 0 Å². The number of carbonyl (C=O) groups is 1. The van der Waals surface area contributed by atoms with Gasteiger partial charge in [0, 0.05) is 0 Å². The topological polar surface area (TPSA) is 73.0 Å². The minimum atomic E-state index is -0.855. The standard InChI is InChI=1S/C16H16N3O2/c1-2-21-16(20)15(18-19-17)14-11-7-6-10-13(14)12-8-4-3-5-9-12/h3-11,15H,2H2,1H3,(H-,17,18)/q-1. The molecule has 0 fully saturated rings. The number of hydrogen-bond donors (Lipinski definition) is 1. The van der Waals surface area contributed by atoms with Crippen LogP contribution in [-0.4, -0.2) is 12.6 Å². The molecule has 0 heterocycles. The van der Waals surface area contributed by atoms with Gasteiger partial charge in [0.2, 0.25) is 0 Å². The van der Waals surface area contributed by atoms with E-state index in [4.69, 9.17) is 10.3 Å². The highest BCUT2D eigenvalue weighted by Crippen LogP contribution is 2.28. The number of benzene rings is 2. The van der Waals surface area contributed by atoms with Crippen molar-refractivity contribution in [3.63, 3.8) is 0 Å². The Balaban J connectivity index is 2.46. The molecule has 5 heteroatoms. The second-order valence-corrected chi connectivity index (χ2v) is 4.37. The van der Waals surface area contributed by atoms with Crippen LogP contribution >= 0.6 is 0 Å². The van der Waals surface area contributed by atoms with Crippen molar-refractivity contribution in [3.8, 4) is 11.1 Å². The summed E-state index contributed by atoms with van der Waals surface area (Å²) < 4.78 is 5.03. The number of carbonyl (C=O) groups excluding carboxylic acids is 1. The van der Waals surface area contributed by atoms with E-state index in [1.54, 1.807) is 6.92 Å². The fourth-order valence-corrected chi connectivity index (χ4v) is 2.16. The third kappa shape index (κ3) is 3.45. The van der Waals surface area contributed by atoms with Gasteiger partial charge in [0.25, 0.3) is 0 Å². The molecule has 0 saturated heterocycles. The number of nitrogens with one attached hydrogen (secondary N) is 1. The zero-order chi connectivity index (χ0) is 15.1. The second kappa shape index (κ2) is 7.19. The van der Waals surface area contributed by atoms with E-state index < -0.39 is 12.0 Å². The summed E-state index contributed by atoms with van der Waals surface area (Å²) >= 11 is 0. The van der Waals surface area contributed by atoms with E-state index in [-0.39, 0.29) is 6.61 Å². The molecule has 1 atom stereocenters. The van der Waals surface area contributed by atoms with Crippen LogP contribution in [0.5, 0.6) is 0 Å². The Kier molecular flexibility index (Phi) is 5.04. The molecule has 0 amide bonds. The molecule has 2 aromatic carbocycles. The fraction of sp³-hybridized carbons (Fsp3) is 0.188. The molecule has 0 aliphatic carbocycles. The highest BCUT2D eigenvalue weighted by atomic mass is 16.5. The third-order valence-electron chi connectivity index (χ3n) is 3.07. The van der Waals surface area contributed by atoms with Gasteiger partial charge in [-0.1, -0.05) is 54.6 Å². The molecule has 1 unspecified atom stereocenters. The maximum absolute atomic E-state index is 12.1. The van der Waals surface area contributed by atoms with Crippen molar-refractivity contribution in [3.05, 3.63) is 65.7 Å². The van der Waals surface area contributed by atoms with Crippen LogP contribution in [0.3, 0.4) is 0 Å². The van der Waals surface area contributed by atoms with Gasteiger partial charge >= 0.3 is 5.97 Å². The Hall–Kier alpha value is -2.69. The average molecular weight is 282 g/mol. The van der Waals surface area contributed by atoms with E-state index in [2.05, 4.69) is 10.6 Å². The molecule has 0 radical (unpaired) electrons. The van der Waals surface area contributed by atoms with Gasteiger partial charge in [0.05, 0.1) is 12.6 Å². The molecular formula is C16H16N3O2-. The van der Waals surface area contributed by atoms with Crippen molar-refractivity contribution in [1.82, 2.24) is 5.43 Å². The molecule has 0 aromatic heterocycles. The molecule has 108 valence electrons. The molecule has 0 aliphatic heterocycles. The van der Waals surface area contributed by atoms with Crippen LogP contribution in [0.2, 0.25) is 0 Å². The molecule has 5 nitrogen and oxygen atoms in total. The first-order chi connectivity index (χ1) is 10.3. The van der Waals surface area contributed by atoms with E-state index in [1.165, 1.54) is 0 Å². The number of nitrogens with zero attached hydrogens (tertiary/aromatic N) is 2. The van der Waals surface area contributed by atoms with Gasteiger partial charge in [-0.05, 0) is 23.6 Å². The maximum atomic E-state index is 12.1. The highest BCUT2D eigenvalue weighted by molar-refractivity contribution is 5.82. The predicted molar refractivity (Wildman–Crippen MR) is 80.2 cm³/mol. The van der Waals surface area contributed by atoms with Crippen molar-refractivity contribution in [1.29, 1.82) is 0 Å². The van der Waals surface area contributed by atoms with E-state index >= 15 is 0 Å². The molecule has 21 heavy (non-hydrogen) atoms. The largest absolute Gasteiger partial charge is 0.466 e. The summed E-state index contributed by atoms with van der Waals surface area (Å²) in [4.78, 5) is 12.1. The van der Waals surface area contributed by atoms with Crippen LogP contribution < -0.4 is 5.43 Å². The quantitative estimate of drug-likeness (QED) is 0.501. The van der Waals surface area contributed by atoms with Gasteiger partial charge in [-0.15, -0.1) is 0 Å². The maximum Gasteiger partial charge on any atom is 0.313 e. The minimum absolute atomic E-state index is 0.260. The Bertz CT molecular complexity index is 614. The lowest BCUT2D eigenvalue weighted by Gasteiger charge is -2.22. The number of esters is 1. The zero-order valence-corrected chi connectivity index (χ0v) is 11.7. The molecular weight excluding hydrogens is 266 g/mol. The monoisotopic (exact) mass is 282 g/mol. The first-order valence-electron chi connectivity index (χ1n) is 6.68. The number of rotatable bonds is 6. The van der Waals surface area contributed by atoms with E-state index in [9.17, 15) is 4.79 Å². The van der Waals surface area contributed by atoms with E-state index in [0.29, 0.717) is 5.56 Å². The first-order valence-corrected chi connectivity index (χ1v) is 6.68. The van der Waals surface area contributed by atoms with Crippen LogP contribution in [0.15, 0.2) is 59.8 Å². The van der Waals surface area contributed by atoms with Crippen LogP contribution in [0.1, 0.15) is 18.5 Å². The highest BCUT2D eigenvalue weighted by Gasteiger charge is 2.20. The van der Waals surface area contributed by atoms with Gasteiger partial charge in [0.15, 0.2) is 0 Å². The zero-order valence-electron chi connectivity index (χ0n) is 11.7. The predicted octanol–water partition coefficient (Wildman–Crippen LogP) is 3.48. The smallest absolute Gasteiger partial charge is 0.313 e. The van der Waals surface area contributed by atoms with Crippen LogP contribution in [-0.2, 0) is 9.53 Å². The van der Waals surface area contributed by atoms with E-state index in [0.717, 1.165) is 11.1 Å². The summed E-state index contributed by atoms with van der Waals surface area (Å²) in [5.74, 6) is -0.487. The summed E-state index contributed by atoms with van der Waals surface area (Å²) in [5.41, 5.74) is 13.7. The van der Waals surface area contributed by atoms with Crippen molar-refractivity contribution in [2.24, 2.45) is 5.22 Å². The van der Waals surface area contributed by atoms with Crippen molar-refractivity contribution in [2.75, 3.05) is 6.61 Å². The van der Waals surface area contributed by atoms with Crippen LogP contribution in [0.4, 0.5) is 0 Å². The summed E-state index contributed by atoms with van der Waals surface area (Å²) in [6.45, 7) is 1.99. The molecule has 0 saturated carbocycles. The Morgan fingerprint density at radius 2 is 1.86 bits per heavy atom. The van der Waals surface area contributed by atoms with Crippen molar-refractivity contribution >= 4 is 5.97 Å². The first kappa shape index (κ1) is 14.7. The van der Waals surface area contributed by atoms with Gasteiger partial charge < -0.3 is 15.7 Å². The Labute approximate surface area is 123 Å². The Morgan fingerprint density at radius 3 is 2.52 bits per heavy atom. The van der Waals surface area contributed by atoms with Crippen molar-refractivity contribution in [2.45, 2.75) is 13.0 Å². The lowest BCUT2D eigenvalue weighted by Crippen LogP contribution is -2.26. The number of ether oxygens (including phenoxy) is 1. The van der Waals surface area contributed by atoms with Gasteiger partial charge in [-0.2, -0.15) is 0 Å². The lowest BCUT2D eigenvalue weighted by molar-refractivity contribution is -0.145. The molecule has 0 aliphatic rings. The minimum Gasteiger partial charge on any atom is -0.466 e. The molecule has 0 spiro atoms. The summed E-state index contributed by atoms with van der Waals surface area (Å²) in [6.07, 6.45) is 0. The normalized spacial score (nSPS) is 11.5. The molecule has 1 N–H and O–H groups in total. The SMILES string of the molecule is CCOC(=O)C(NN=[N-])c1ccccc1-c1ccccc1. The van der Waals surface area contributed by atoms with E-state index in [1.807, 2.05) is 54.6 Å². The summed E-state index contributed by atoms with van der Waals surface area (Å²) in [5, 5.41) is 2.90. The van der Waals surface area contributed by atoms with Gasteiger partial charge in [-0.25, -0.2) is 0 Å².